The molecule has 0 atom stereocenters. The van der Waals surface area contributed by atoms with Crippen molar-refractivity contribution < 1.29 is 9.59 Å². The standard InChI is InChI=1S/C16H19N3O2/c20-15(18-19-16(21)11-5-1-2-6-11)9-12-10-17-14-8-4-3-7-13(12)14/h3-4,7-8,10-11,17H,1-2,5-6,9H2,(H,18,20)(H,19,21). The van der Waals surface area contributed by atoms with Crippen molar-refractivity contribution in [2.75, 3.05) is 0 Å². The number of benzene rings is 1. The molecule has 1 aromatic carbocycles. The summed E-state index contributed by atoms with van der Waals surface area (Å²) in [7, 11) is 0. The number of carbonyl (C=O) groups excluding carboxylic acids is 2. The van der Waals surface area contributed by atoms with E-state index in [-0.39, 0.29) is 24.2 Å². The lowest BCUT2D eigenvalue weighted by Gasteiger charge is -2.11. The van der Waals surface area contributed by atoms with Crippen molar-refractivity contribution in [2.24, 2.45) is 5.92 Å². The van der Waals surface area contributed by atoms with Crippen LogP contribution in [0.1, 0.15) is 31.2 Å². The van der Waals surface area contributed by atoms with Crippen LogP contribution in [0, 0.1) is 5.92 Å². The Morgan fingerprint density at radius 1 is 1.14 bits per heavy atom. The second-order valence-corrected chi connectivity index (χ2v) is 5.56. The molecular formula is C16H19N3O2. The molecule has 21 heavy (non-hydrogen) atoms. The van der Waals surface area contributed by atoms with Crippen LogP contribution in [-0.4, -0.2) is 16.8 Å². The van der Waals surface area contributed by atoms with Gasteiger partial charge in [0.15, 0.2) is 0 Å². The summed E-state index contributed by atoms with van der Waals surface area (Å²) >= 11 is 0. The fraction of sp³-hybridized carbons (Fsp3) is 0.375. The highest BCUT2D eigenvalue weighted by Crippen LogP contribution is 2.24. The predicted octanol–water partition coefficient (Wildman–Crippen LogP) is 2.05. The van der Waals surface area contributed by atoms with Crippen LogP contribution in [0.4, 0.5) is 0 Å². The molecule has 3 N–H and O–H groups in total. The smallest absolute Gasteiger partial charge is 0.242 e. The van der Waals surface area contributed by atoms with Gasteiger partial charge in [-0.15, -0.1) is 0 Å². The third-order valence-electron chi connectivity index (χ3n) is 4.08. The number of nitrogens with one attached hydrogen (secondary N) is 3. The quantitative estimate of drug-likeness (QED) is 0.755. The van der Waals surface area contributed by atoms with Gasteiger partial charge in [0.05, 0.1) is 6.42 Å². The number of H-pyrrole nitrogens is 1. The Morgan fingerprint density at radius 3 is 2.71 bits per heavy atom. The average Bonchev–Trinajstić information content (AvgIpc) is 3.15. The number of aromatic nitrogens is 1. The molecule has 5 nitrogen and oxygen atoms in total. The summed E-state index contributed by atoms with van der Waals surface area (Å²) in [5.74, 6) is -0.218. The fourth-order valence-electron chi connectivity index (χ4n) is 2.92. The zero-order chi connectivity index (χ0) is 14.7. The van der Waals surface area contributed by atoms with Crippen LogP contribution in [0.5, 0.6) is 0 Å². The molecule has 5 heteroatoms. The third kappa shape index (κ3) is 3.07. The van der Waals surface area contributed by atoms with Gasteiger partial charge in [-0.3, -0.25) is 20.4 Å². The lowest BCUT2D eigenvalue weighted by Crippen LogP contribution is -2.44. The third-order valence-corrected chi connectivity index (χ3v) is 4.08. The van der Waals surface area contributed by atoms with Gasteiger partial charge in [-0.05, 0) is 24.5 Å². The van der Waals surface area contributed by atoms with E-state index in [1.807, 2.05) is 30.5 Å². The van der Waals surface area contributed by atoms with E-state index < -0.39 is 0 Å². The highest BCUT2D eigenvalue weighted by molar-refractivity contribution is 5.90. The number of hydrogen-bond acceptors (Lipinski definition) is 2. The minimum atomic E-state index is -0.203. The van der Waals surface area contributed by atoms with Gasteiger partial charge in [0.2, 0.25) is 11.8 Å². The van der Waals surface area contributed by atoms with Crippen molar-refractivity contribution in [3.05, 3.63) is 36.0 Å². The molecule has 0 bridgehead atoms. The lowest BCUT2D eigenvalue weighted by molar-refractivity contribution is -0.130. The average molecular weight is 285 g/mol. The first kappa shape index (κ1) is 13.7. The minimum absolute atomic E-state index is 0.0541. The van der Waals surface area contributed by atoms with Crippen molar-refractivity contribution >= 4 is 22.7 Å². The van der Waals surface area contributed by atoms with E-state index in [9.17, 15) is 9.59 Å². The Bertz CT molecular complexity index is 656. The van der Waals surface area contributed by atoms with Gasteiger partial charge in [-0.1, -0.05) is 31.0 Å². The van der Waals surface area contributed by atoms with Crippen molar-refractivity contribution in [2.45, 2.75) is 32.1 Å². The lowest BCUT2D eigenvalue weighted by atomic mass is 10.1. The van der Waals surface area contributed by atoms with Crippen molar-refractivity contribution in [3.63, 3.8) is 0 Å². The van der Waals surface area contributed by atoms with Gasteiger partial charge in [0.25, 0.3) is 0 Å². The molecule has 3 rings (SSSR count). The summed E-state index contributed by atoms with van der Waals surface area (Å²) in [6.45, 7) is 0. The summed E-state index contributed by atoms with van der Waals surface area (Å²) in [5, 5.41) is 1.04. The maximum Gasteiger partial charge on any atom is 0.242 e. The van der Waals surface area contributed by atoms with Gasteiger partial charge in [-0.25, -0.2) is 0 Å². The Hall–Kier alpha value is -2.30. The van der Waals surface area contributed by atoms with Crippen LogP contribution < -0.4 is 10.9 Å². The molecule has 0 aliphatic heterocycles. The van der Waals surface area contributed by atoms with Crippen molar-refractivity contribution in [1.29, 1.82) is 0 Å². The maximum absolute atomic E-state index is 11.9. The topological polar surface area (TPSA) is 74.0 Å². The first-order valence-corrected chi connectivity index (χ1v) is 7.38. The Balaban J connectivity index is 1.55. The summed E-state index contributed by atoms with van der Waals surface area (Å²) in [5.41, 5.74) is 6.98. The monoisotopic (exact) mass is 285 g/mol. The van der Waals surface area contributed by atoms with Gasteiger partial charge in [-0.2, -0.15) is 0 Å². The van der Waals surface area contributed by atoms with Crippen LogP contribution in [0.2, 0.25) is 0 Å². The number of rotatable bonds is 3. The van der Waals surface area contributed by atoms with Crippen LogP contribution in [-0.2, 0) is 16.0 Å². The van der Waals surface area contributed by atoms with E-state index in [4.69, 9.17) is 0 Å². The number of hydrazine groups is 1. The molecule has 0 saturated heterocycles. The van der Waals surface area contributed by atoms with Crippen LogP contribution in [0.15, 0.2) is 30.5 Å². The molecule has 0 unspecified atom stereocenters. The van der Waals surface area contributed by atoms with E-state index in [0.29, 0.717) is 0 Å². The summed E-state index contributed by atoms with van der Waals surface area (Å²) < 4.78 is 0. The molecule has 1 aliphatic rings. The second kappa shape index (κ2) is 5.99. The first-order chi connectivity index (χ1) is 10.2. The van der Waals surface area contributed by atoms with E-state index in [0.717, 1.165) is 42.1 Å². The van der Waals surface area contributed by atoms with E-state index in [1.165, 1.54) is 0 Å². The highest BCUT2D eigenvalue weighted by atomic mass is 16.2. The normalized spacial score (nSPS) is 15.2. The Labute approximate surface area is 123 Å². The van der Waals surface area contributed by atoms with Gasteiger partial charge < -0.3 is 4.98 Å². The molecule has 0 radical (unpaired) electrons. The number of aromatic amines is 1. The molecule has 1 fully saturated rings. The zero-order valence-electron chi connectivity index (χ0n) is 11.8. The SMILES string of the molecule is O=C(Cc1c[nH]c2ccccc12)NNC(=O)C1CCCC1. The second-order valence-electron chi connectivity index (χ2n) is 5.56. The van der Waals surface area contributed by atoms with Crippen molar-refractivity contribution in [3.8, 4) is 0 Å². The van der Waals surface area contributed by atoms with E-state index in [2.05, 4.69) is 15.8 Å². The van der Waals surface area contributed by atoms with Gasteiger partial charge in [0.1, 0.15) is 0 Å². The van der Waals surface area contributed by atoms with Gasteiger partial charge in [0, 0.05) is 23.0 Å². The number of carbonyl (C=O) groups is 2. The number of fused-ring (bicyclic) bond motifs is 1. The zero-order valence-corrected chi connectivity index (χ0v) is 11.8. The molecule has 2 aromatic rings. The number of para-hydroxylation sites is 1. The molecule has 0 spiro atoms. The predicted molar refractivity (Wildman–Crippen MR) is 80.2 cm³/mol. The van der Waals surface area contributed by atoms with Crippen LogP contribution in [0.3, 0.4) is 0 Å². The largest absolute Gasteiger partial charge is 0.361 e. The fourth-order valence-corrected chi connectivity index (χ4v) is 2.92. The maximum atomic E-state index is 11.9. The Morgan fingerprint density at radius 2 is 1.90 bits per heavy atom. The van der Waals surface area contributed by atoms with Crippen LogP contribution >= 0.6 is 0 Å². The number of hydrogen-bond donors (Lipinski definition) is 3. The highest BCUT2D eigenvalue weighted by Gasteiger charge is 2.22. The van der Waals surface area contributed by atoms with Gasteiger partial charge >= 0.3 is 0 Å². The van der Waals surface area contributed by atoms with Crippen LogP contribution in [0.25, 0.3) is 10.9 Å². The summed E-state index contributed by atoms with van der Waals surface area (Å²) in [6.07, 6.45) is 6.12. The van der Waals surface area contributed by atoms with Crippen molar-refractivity contribution in [1.82, 2.24) is 15.8 Å². The first-order valence-electron chi connectivity index (χ1n) is 7.38. The molecule has 110 valence electrons. The number of amides is 2. The molecular weight excluding hydrogens is 266 g/mol. The Kier molecular flexibility index (Phi) is 3.90. The molecule has 1 aliphatic carbocycles. The molecule has 2 amide bonds. The minimum Gasteiger partial charge on any atom is -0.361 e. The molecule has 1 heterocycles. The molecule has 1 saturated carbocycles. The summed E-state index contributed by atoms with van der Waals surface area (Å²) in [4.78, 5) is 26.9. The molecule has 1 aromatic heterocycles. The summed E-state index contributed by atoms with van der Waals surface area (Å²) in [6, 6.07) is 7.84. The van der Waals surface area contributed by atoms with E-state index in [1.54, 1.807) is 0 Å². The van der Waals surface area contributed by atoms with E-state index >= 15 is 0 Å².